The van der Waals surface area contributed by atoms with Gasteiger partial charge in [-0.3, -0.25) is 9.89 Å². The molecule has 4 N–H and O–H groups in total. The van der Waals surface area contributed by atoms with Crippen LogP contribution in [0.2, 0.25) is 0 Å². The lowest BCUT2D eigenvalue weighted by molar-refractivity contribution is -0.119. The van der Waals surface area contributed by atoms with Gasteiger partial charge in [0.2, 0.25) is 5.91 Å². The molecule has 2 atom stereocenters. The Morgan fingerprint density at radius 3 is 2.95 bits per heavy atom. The van der Waals surface area contributed by atoms with Crippen molar-refractivity contribution in [1.29, 1.82) is 0 Å². The van der Waals surface area contributed by atoms with Crippen LogP contribution in [0, 0.1) is 12.8 Å². The van der Waals surface area contributed by atoms with Gasteiger partial charge in [0.15, 0.2) is 5.82 Å². The van der Waals surface area contributed by atoms with Gasteiger partial charge >= 0.3 is 0 Å². The Morgan fingerprint density at radius 1 is 1.43 bits per heavy atom. The van der Waals surface area contributed by atoms with E-state index in [1.54, 1.807) is 0 Å². The molecule has 1 saturated carbocycles. The molecule has 0 aliphatic heterocycles. The van der Waals surface area contributed by atoms with Crippen LogP contribution < -0.4 is 11.1 Å². The van der Waals surface area contributed by atoms with Gasteiger partial charge in [0.05, 0.1) is 0 Å². The second-order valence-corrected chi connectivity index (χ2v) is 5.58. The van der Waals surface area contributed by atoms with Crippen LogP contribution in [0.25, 0.3) is 11.4 Å². The first-order chi connectivity index (χ1) is 10.1. The molecule has 3 rings (SSSR count). The first-order valence-electron chi connectivity index (χ1n) is 7.17. The number of nitrogens with two attached hydrogens (primary N) is 1. The minimum absolute atomic E-state index is 0.0226. The summed E-state index contributed by atoms with van der Waals surface area (Å²) in [6.45, 7) is 1.85. The monoisotopic (exact) mass is 285 g/mol. The highest BCUT2D eigenvalue weighted by molar-refractivity contribution is 5.93. The minimum Gasteiger partial charge on any atom is -0.328 e. The molecule has 1 amide bonds. The van der Waals surface area contributed by atoms with Gasteiger partial charge in [-0.2, -0.15) is 5.10 Å². The Kier molecular flexibility index (Phi) is 3.70. The highest BCUT2D eigenvalue weighted by atomic mass is 16.1. The number of nitrogens with zero attached hydrogens (tertiary/aromatic N) is 2. The summed E-state index contributed by atoms with van der Waals surface area (Å²) >= 11 is 0. The maximum atomic E-state index is 12.2. The Hall–Kier alpha value is -2.21. The predicted octanol–water partition coefficient (Wildman–Crippen LogP) is 1.85. The topological polar surface area (TPSA) is 96.7 Å². The number of aromatic amines is 1. The van der Waals surface area contributed by atoms with Crippen molar-refractivity contribution in [3.05, 3.63) is 30.1 Å². The van der Waals surface area contributed by atoms with E-state index >= 15 is 0 Å². The van der Waals surface area contributed by atoms with Crippen LogP contribution in [-0.2, 0) is 4.79 Å². The normalized spacial score (nSPS) is 21.4. The third kappa shape index (κ3) is 3.11. The maximum Gasteiger partial charge on any atom is 0.227 e. The van der Waals surface area contributed by atoms with Gasteiger partial charge in [-0.15, -0.1) is 0 Å². The van der Waals surface area contributed by atoms with E-state index in [-0.39, 0.29) is 17.9 Å². The molecule has 110 valence electrons. The van der Waals surface area contributed by atoms with Gasteiger partial charge in [0, 0.05) is 23.2 Å². The lowest BCUT2D eigenvalue weighted by Gasteiger charge is -2.11. The molecule has 1 fully saturated rings. The number of hydrogen-bond donors (Lipinski definition) is 3. The summed E-state index contributed by atoms with van der Waals surface area (Å²) in [6, 6.07) is 7.72. The lowest BCUT2D eigenvalue weighted by atomic mass is 10.1. The molecule has 21 heavy (non-hydrogen) atoms. The molecule has 1 aliphatic carbocycles. The summed E-state index contributed by atoms with van der Waals surface area (Å²) in [7, 11) is 0. The van der Waals surface area contributed by atoms with Crippen molar-refractivity contribution >= 4 is 11.6 Å². The molecule has 1 aromatic heterocycles. The fraction of sp³-hybridized carbons (Fsp3) is 0.400. The van der Waals surface area contributed by atoms with E-state index < -0.39 is 0 Å². The molecule has 0 radical (unpaired) electrons. The van der Waals surface area contributed by atoms with Gasteiger partial charge in [0.25, 0.3) is 0 Å². The molecule has 1 aromatic carbocycles. The van der Waals surface area contributed by atoms with E-state index in [0.29, 0.717) is 5.82 Å². The molecule has 0 bridgehead atoms. The van der Waals surface area contributed by atoms with E-state index in [1.165, 1.54) is 0 Å². The number of amides is 1. The SMILES string of the molecule is Cc1nc(-c2cccc(NC(=O)C3CCC(N)C3)c2)n[nH]1. The van der Waals surface area contributed by atoms with Crippen molar-refractivity contribution < 1.29 is 4.79 Å². The number of anilines is 1. The number of carbonyl (C=O) groups excluding carboxylic acids is 1. The van der Waals surface area contributed by atoms with Gasteiger partial charge in [0.1, 0.15) is 5.82 Å². The third-order valence-corrected chi connectivity index (χ3v) is 3.83. The van der Waals surface area contributed by atoms with Crippen molar-refractivity contribution in [3.8, 4) is 11.4 Å². The van der Waals surface area contributed by atoms with E-state index in [1.807, 2.05) is 31.2 Å². The average molecular weight is 285 g/mol. The highest BCUT2D eigenvalue weighted by Gasteiger charge is 2.27. The predicted molar refractivity (Wildman–Crippen MR) is 80.5 cm³/mol. The number of aromatic nitrogens is 3. The molecule has 1 heterocycles. The number of rotatable bonds is 3. The number of benzene rings is 1. The molecule has 2 aromatic rings. The third-order valence-electron chi connectivity index (χ3n) is 3.83. The quantitative estimate of drug-likeness (QED) is 0.801. The summed E-state index contributed by atoms with van der Waals surface area (Å²) in [5, 5.41) is 9.90. The van der Waals surface area contributed by atoms with Crippen LogP contribution in [0.15, 0.2) is 24.3 Å². The van der Waals surface area contributed by atoms with Gasteiger partial charge < -0.3 is 11.1 Å². The minimum atomic E-state index is 0.0226. The Balaban J connectivity index is 1.73. The second kappa shape index (κ2) is 5.65. The first-order valence-corrected chi connectivity index (χ1v) is 7.17. The summed E-state index contributed by atoms with van der Waals surface area (Å²) in [6.07, 6.45) is 2.56. The molecular weight excluding hydrogens is 266 g/mol. The van der Waals surface area contributed by atoms with Crippen molar-refractivity contribution in [2.45, 2.75) is 32.2 Å². The zero-order valence-electron chi connectivity index (χ0n) is 12.0. The van der Waals surface area contributed by atoms with Crippen LogP contribution in [0.3, 0.4) is 0 Å². The fourth-order valence-corrected chi connectivity index (χ4v) is 2.71. The van der Waals surface area contributed by atoms with Crippen molar-refractivity contribution in [3.63, 3.8) is 0 Å². The number of hydrogen-bond acceptors (Lipinski definition) is 4. The molecule has 1 aliphatic rings. The summed E-state index contributed by atoms with van der Waals surface area (Å²) in [4.78, 5) is 16.5. The van der Waals surface area contributed by atoms with Crippen molar-refractivity contribution in [2.24, 2.45) is 11.7 Å². The van der Waals surface area contributed by atoms with Crippen molar-refractivity contribution in [2.75, 3.05) is 5.32 Å². The first kappa shape index (κ1) is 13.8. The molecular formula is C15H19N5O. The van der Waals surface area contributed by atoms with Gasteiger partial charge in [-0.1, -0.05) is 12.1 Å². The summed E-state index contributed by atoms with van der Waals surface area (Å²) in [5.74, 6) is 1.46. The summed E-state index contributed by atoms with van der Waals surface area (Å²) in [5.41, 5.74) is 7.50. The number of nitrogens with one attached hydrogen (secondary N) is 2. The zero-order valence-corrected chi connectivity index (χ0v) is 12.0. The average Bonchev–Trinajstić information content (AvgIpc) is 3.08. The van der Waals surface area contributed by atoms with E-state index in [9.17, 15) is 4.79 Å². The molecule has 6 nitrogen and oxygen atoms in total. The largest absolute Gasteiger partial charge is 0.328 e. The van der Waals surface area contributed by atoms with Crippen LogP contribution in [0.4, 0.5) is 5.69 Å². The van der Waals surface area contributed by atoms with Gasteiger partial charge in [-0.05, 0) is 38.3 Å². The smallest absolute Gasteiger partial charge is 0.227 e. The van der Waals surface area contributed by atoms with Crippen LogP contribution in [0.1, 0.15) is 25.1 Å². The molecule has 6 heteroatoms. The van der Waals surface area contributed by atoms with Crippen LogP contribution >= 0.6 is 0 Å². The van der Waals surface area contributed by atoms with E-state index in [0.717, 1.165) is 36.3 Å². The lowest BCUT2D eigenvalue weighted by Crippen LogP contribution is -2.23. The van der Waals surface area contributed by atoms with Crippen LogP contribution in [0.5, 0.6) is 0 Å². The maximum absolute atomic E-state index is 12.2. The molecule has 0 saturated heterocycles. The fourth-order valence-electron chi connectivity index (χ4n) is 2.71. The summed E-state index contributed by atoms with van der Waals surface area (Å²) < 4.78 is 0. The second-order valence-electron chi connectivity index (χ2n) is 5.58. The molecule has 0 spiro atoms. The van der Waals surface area contributed by atoms with Gasteiger partial charge in [-0.25, -0.2) is 4.98 Å². The number of carbonyl (C=O) groups is 1. The number of H-pyrrole nitrogens is 1. The van der Waals surface area contributed by atoms with E-state index in [2.05, 4.69) is 20.5 Å². The number of aryl methyl sites for hydroxylation is 1. The molecule has 2 unspecified atom stereocenters. The Morgan fingerprint density at radius 2 is 2.29 bits per heavy atom. The Bertz CT molecular complexity index is 651. The van der Waals surface area contributed by atoms with Crippen molar-refractivity contribution in [1.82, 2.24) is 15.2 Å². The van der Waals surface area contributed by atoms with Crippen LogP contribution in [-0.4, -0.2) is 27.1 Å². The van der Waals surface area contributed by atoms with E-state index in [4.69, 9.17) is 5.73 Å². The highest BCUT2D eigenvalue weighted by Crippen LogP contribution is 2.26. The zero-order chi connectivity index (χ0) is 14.8. The Labute approximate surface area is 123 Å². The standard InChI is InChI=1S/C15H19N5O/c1-9-17-14(20-19-9)10-3-2-4-13(8-10)18-15(21)11-5-6-12(16)7-11/h2-4,8,11-12H,5-7,16H2,1H3,(H,18,21)(H,17,19,20).